The van der Waals surface area contributed by atoms with E-state index in [0.29, 0.717) is 11.6 Å². The van der Waals surface area contributed by atoms with Crippen molar-refractivity contribution in [3.8, 4) is 11.3 Å². The number of aromatic nitrogens is 1. The maximum Gasteiger partial charge on any atom is 0.248 e. The summed E-state index contributed by atoms with van der Waals surface area (Å²) in [6.07, 6.45) is 7.13. The first-order valence-electron chi connectivity index (χ1n) is 9.61. The van der Waals surface area contributed by atoms with Gasteiger partial charge in [-0.3, -0.25) is 9.78 Å². The van der Waals surface area contributed by atoms with Crippen LogP contribution in [-0.2, 0) is 6.54 Å². The fraction of sp³-hybridized carbons (Fsp3) is 0.455. The van der Waals surface area contributed by atoms with Gasteiger partial charge in [0, 0.05) is 29.9 Å². The van der Waals surface area contributed by atoms with Crippen molar-refractivity contribution >= 4 is 5.91 Å². The molecule has 1 heterocycles. The van der Waals surface area contributed by atoms with Gasteiger partial charge in [-0.15, -0.1) is 0 Å². The molecule has 0 spiro atoms. The number of benzene rings is 1. The van der Waals surface area contributed by atoms with E-state index in [2.05, 4.69) is 30.2 Å². The summed E-state index contributed by atoms with van der Waals surface area (Å²) in [6.45, 7) is 5.53. The van der Waals surface area contributed by atoms with Crippen molar-refractivity contribution in [3.63, 3.8) is 0 Å². The highest BCUT2D eigenvalue weighted by Gasteiger charge is 2.22. The fourth-order valence-electron chi connectivity index (χ4n) is 3.78. The predicted octanol–water partition coefficient (Wildman–Crippen LogP) is 4.15. The van der Waals surface area contributed by atoms with E-state index in [0.717, 1.165) is 29.6 Å². The van der Waals surface area contributed by atoms with Crippen LogP contribution in [0.2, 0.25) is 0 Å². The number of primary amides is 1. The van der Waals surface area contributed by atoms with E-state index in [9.17, 15) is 4.79 Å². The van der Waals surface area contributed by atoms with Crippen molar-refractivity contribution in [2.24, 2.45) is 17.6 Å². The van der Waals surface area contributed by atoms with Crippen LogP contribution in [0.1, 0.15) is 55.5 Å². The number of carbonyl (C=O) groups is 1. The lowest BCUT2D eigenvalue weighted by Gasteiger charge is -2.31. The first kappa shape index (κ1) is 18.6. The van der Waals surface area contributed by atoms with E-state index in [-0.39, 0.29) is 0 Å². The number of rotatable bonds is 6. The molecule has 1 fully saturated rings. The smallest absolute Gasteiger partial charge is 0.248 e. The Morgan fingerprint density at radius 3 is 2.58 bits per heavy atom. The van der Waals surface area contributed by atoms with Crippen molar-refractivity contribution in [3.05, 3.63) is 53.7 Å². The topological polar surface area (TPSA) is 68.0 Å². The van der Waals surface area contributed by atoms with Crippen LogP contribution in [0.15, 0.2) is 42.6 Å². The summed E-state index contributed by atoms with van der Waals surface area (Å²) in [5.41, 5.74) is 8.81. The number of amides is 1. The normalized spacial score (nSPS) is 20.3. The number of hydrogen-bond acceptors (Lipinski definition) is 3. The standard InChI is InChI=1S/C22H29N3O/c1-15(2)17-7-9-20(10-8-17)24-13-16-6-11-21(25-14-16)18-4-3-5-19(12-18)22(23)26/h3-6,11-12,14-15,17,20,24H,7-10,13H2,1-2H3,(H2,23,26). The highest BCUT2D eigenvalue weighted by atomic mass is 16.1. The molecule has 1 saturated carbocycles. The van der Waals surface area contributed by atoms with E-state index in [4.69, 9.17) is 5.73 Å². The Kier molecular flexibility index (Phi) is 6.04. The largest absolute Gasteiger partial charge is 0.366 e. The number of hydrogen-bond donors (Lipinski definition) is 2. The second-order valence-electron chi connectivity index (χ2n) is 7.73. The molecule has 0 radical (unpaired) electrons. The maximum atomic E-state index is 11.3. The molecular weight excluding hydrogens is 322 g/mol. The lowest BCUT2D eigenvalue weighted by Crippen LogP contribution is -2.33. The van der Waals surface area contributed by atoms with Gasteiger partial charge in [-0.25, -0.2) is 0 Å². The number of nitrogens with one attached hydrogen (secondary N) is 1. The van der Waals surface area contributed by atoms with Crippen molar-refractivity contribution in [1.29, 1.82) is 0 Å². The molecule has 0 bridgehead atoms. The molecule has 138 valence electrons. The molecule has 1 amide bonds. The molecule has 0 aliphatic heterocycles. The van der Waals surface area contributed by atoms with Crippen LogP contribution < -0.4 is 11.1 Å². The minimum Gasteiger partial charge on any atom is -0.366 e. The predicted molar refractivity (Wildman–Crippen MR) is 106 cm³/mol. The summed E-state index contributed by atoms with van der Waals surface area (Å²) < 4.78 is 0. The molecule has 0 atom stereocenters. The van der Waals surface area contributed by atoms with Gasteiger partial charge in [-0.1, -0.05) is 32.0 Å². The molecule has 1 aliphatic rings. The summed E-state index contributed by atoms with van der Waals surface area (Å²) in [5.74, 6) is 1.28. The number of pyridine rings is 1. The molecule has 0 saturated heterocycles. The molecule has 26 heavy (non-hydrogen) atoms. The Bertz CT molecular complexity index is 731. The Morgan fingerprint density at radius 2 is 1.96 bits per heavy atom. The Labute approximate surface area is 156 Å². The van der Waals surface area contributed by atoms with Crippen molar-refractivity contribution in [1.82, 2.24) is 10.3 Å². The highest BCUT2D eigenvalue weighted by molar-refractivity contribution is 5.93. The van der Waals surface area contributed by atoms with Gasteiger partial charge >= 0.3 is 0 Å². The summed E-state index contributed by atoms with van der Waals surface area (Å²) >= 11 is 0. The molecule has 1 aliphatic carbocycles. The van der Waals surface area contributed by atoms with Gasteiger partial charge in [0.15, 0.2) is 0 Å². The third-order valence-electron chi connectivity index (χ3n) is 5.58. The zero-order chi connectivity index (χ0) is 18.5. The summed E-state index contributed by atoms with van der Waals surface area (Å²) in [6, 6.07) is 12.0. The zero-order valence-corrected chi connectivity index (χ0v) is 15.7. The van der Waals surface area contributed by atoms with E-state index in [1.165, 1.54) is 31.2 Å². The average molecular weight is 351 g/mol. The SMILES string of the molecule is CC(C)C1CCC(NCc2ccc(-c3cccc(C(N)=O)c3)nc2)CC1. The fourth-order valence-corrected chi connectivity index (χ4v) is 3.78. The second-order valence-corrected chi connectivity index (χ2v) is 7.73. The van der Waals surface area contributed by atoms with E-state index in [1.54, 1.807) is 12.1 Å². The highest BCUT2D eigenvalue weighted by Crippen LogP contribution is 2.30. The van der Waals surface area contributed by atoms with Crippen LogP contribution in [0.5, 0.6) is 0 Å². The van der Waals surface area contributed by atoms with Crippen LogP contribution >= 0.6 is 0 Å². The summed E-state index contributed by atoms with van der Waals surface area (Å²) in [5, 5.41) is 3.68. The molecule has 2 aromatic rings. The van der Waals surface area contributed by atoms with Gasteiger partial charge in [-0.05, 0) is 61.3 Å². The van der Waals surface area contributed by atoms with E-state index in [1.807, 2.05) is 24.4 Å². The average Bonchev–Trinajstić information content (AvgIpc) is 2.67. The van der Waals surface area contributed by atoms with Crippen LogP contribution in [-0.4, -0.2) is 16.9 Å². The zero-order valence-electron chi connectivity index (χ0n) is 15.7. The van der Waals surface area contributed by atoms with Crippen LogP contribution in [0.25, 0.3) is 11.3 Å². The minimum absolute atomic E-state index is 0.417. The third-order valence-corrected chi connectivity index (χ3v) is 5.58. The van der Waals surface area contributed by atoms with Gasteiger partial charge in [0.1, 0.15) is 0 Å². The van der Waals surface area contributed by atoms with Gasteiger partial charge < -0.3 is 11.1 Å². The van der Waals surface area contributed by atoms with Crippen molar-refractivity contribution < 1.29 is 4.79 Å². The van der Waals surface area contributed by atoms with Crippen molar-refractivity contribution in [2.75, 3.05) is 0 Å². The first-order chi connectivity index (χ1) is 12.5. The molecular formula is C22H29N3O. The Morgan fingerprint density at radius 1 is 1.19 bits per heavy atom. The maximum absolute atomic E-state index is 11.3. The van der Waals surface area contributed by atoms with Gasteiger partial charge in [0.05, 0.1) is 5.69 Å². The lowest BCUT2D eigenvalue weighted by atomic mass is 9.80. The molecule has 3 N–H and O–H groups in total. The Hall–Kier alpha value is -2.20. The molecule has 3 rings (SSSR count). The number of carbonyl (C=O) groups excluding carboxylic acids is 1. The Balaban J connectivity index is 1.55. The monoisotopic (exact) mass is 351 g/mol. The summed E-state index contributed by atoms with van der Waals surface area (Å²) in [4.78, 5) is 15.9. The molecule has 4 heteroatoms. The van der Waals surface area contributed by atoms with Gasteiger partial charge in [0.2, 0.25) is 5.91 Å². The van der Waals surface area contributed by atoms with Gasteiger partial charge in [-0.2, -0.15) is 0 Å². The van der Waals surface area contributed by atoms with Crippen molar-refractivity contribution in [2.45, 2.75) is 52.1 Å². The number of nitrogens with zero attached hydrogens (tertiary/aromatic N) is 1. The number of nitrogens with two attached hydrogens (primary N) is 1. The second kappa shape index (κ2) is 8.45. The van der Waals surface area contributed by atoms with E-state index >= 15 is 0 Å². The van der Waals surface area contributed by atoms with Crippen LogP contribution in [0, 0.1) is 11.8 Å². The molecule has 1 aromatic carbocycles. The third kappa shape index (κ3) is 4.70. The molecule has 1 aromatic heterocycles. The lowest BCUT2D eigenvalue weighted by molar-refractivity contribution is 0.100. The quantitative estimate of drug-likeness (QED) is 0.821. The molecule has 0 unspecified atom stereocenters. The van der Waals surface area contributed by atoms with Crippen LogP contribution in [0.4, 0.5) is 0 Å². The first-order valence-corrected chi connectivity index (χ1v) is 9.61. The minimum atomic E-state index is -0.417. The van der Waals surface area contributed by atoms with Crippen LogP contribution in [0.3, 0.4) is 0 Å². The van der Waals surface area contributed by atoms with Gasteiger partial charge in [0.25, 0.3) is 0 Å². The summed E-state index contributed by atoms with van der Waals surface area (Å²) in [7, 11) is 0. The van der Waals surface area contributed by atoms with E-state index < -0.39 is 5.91 Å². The molecule has 4 nitrogen and oxygen atoms in total.